The Labute approximate surface area is 255 Å². The lowest BCUT2D eigenvalue weighted by Gasteiger charge is -2.51. The van der Waals surface area contributed by atoms with E-state index in [9.17, 15) is 0 Å². The standard InChI is InChI=1S/C42H50/c1-19-16-38-34(27(9)20(19)2)17-35-28(10)21(3)24(6)31(13)39(35)42(38)40-32(14)25(7)22(4)29(11)36(40)18-37-30(12)23(5)26(8)33(15)41(37)42/h16H,17-18H2,1-15H3. The maximum absolute atomic E-state index is 2.61. The van der Waals surface area contributed by atoms with Crippen LogP contribution in [0.3, 0.4) is 0 Å². The number of rotatable bonds is 0. The van der Waals surface area contributed by atoms with Crippen LogP contribution in [-0.2, 0) is 18.3 Å². The molecule has 0 bridgehead atoms. The van der Waals surface area contributed by atoms with Crippen molar-refractivity contribution in [3.63, 3.8) is 0 Å². The fourth-order valence-corrected chi connectivity index (χ4v) is 9.19. The molecular weight excluding hydrogens is 504 g/mol. The van der Waals surface area contributed by atoms with E-state index in [0.717, 1.165) is 12.8 Å². The van der Waals surface area contributed by atoms with Crippen LogP contribution in [0.25, 0.3) is 0 Å². The van der Waals surface area contributed by atoms with Crippen LogP contribution in [0.1, 0.15) is 128 Å². The Balaban J connectivity index is 2.05. The number of hydrogen-bond acceptors (Lipinski definition) is 0. The summed E-state index contributed by atoms with van der Waals surface area (Å²) in [6.07, 6.45) is 2.04. The maximum atomic E-state index is 2.61. The Hall–Kier alpha value is -3.12. The van der Waals surface area contributed by atoms with E-state index in [1.807, 2.05) is 0 Å². The molecule has 0 aliphatic heterocycles. The van der Waals surface area contributed by atoms with Gasteiger partial charge in [0.05, 0.1) is 5.41 Å². The highest BCUT2D eigenvalue weighted by atomic mass is 14.5. The molecule has 4 aromatic rings. The molecule has 4 aromatic carbocycles. The van der Waals surface area contributed by atoms with Gasteiger partial charge in [0, 0.05) is 0 Å². The topological polar surface area (TPSA) is 0 Å². The van der Waals surface area contributed by atoms with Gasteiger partial charge in [0.25, 0.3) is 0 Å². The monoisotopic (exact) mass is 554 g/mol. The van der Waals surface area contributed by atoms with Crippen molar-refractivity contribution in [1.29, 1.82) is 0 Å². The van der Waals surface area contributed by atoms with E-state index in [4.69, 9.17) is 0 Å². The maximum Gasteiger partial charge on any atom is 0.0721 e. The van der Waals surface area contributed by atoms with E-state index in [-0.39, 0.29) is 5.41 Å². The lowest BCUT2D eigenvalue weighted by Crippen LogP contribution is -2.44. The number of aryl methyl sites for hydroxylation is 1. The predicted molar refractivity (Wildman–Crippen MR) is 181 cm³/mol. The van der Waals surface area contributed by atoms with Crippen LogP contribution in [0.15, 0.2) is 6.07 Å². The van der Waals surface area contributed by atoms with E-state index in [0.29, 0.717) is 0 Å². The second-order valence-corrected chi connectivity index (χ2v) is 14.1. The minimum absolute atomic E-state index is 0.344. The molecule has 0 N–H and O–H groups in total. The predicted octanol–water partition coefficient (Wildman–Crippen LogP) is 10.5. The third-order valence-electron chi connectivity index (χ3n) is 13.0. The minimum Gasteiger partial charge on any atom is -0.0539 e. The number of benzene rings is 4. The van der Waals surface area contributed by atoms with Crippen molar-refractivity contribution in [2.24, 2.45) is 0 Å². The summed E-state index contributed by atoms with van der Waals surface area (Å²) in [6.45, 7) is 35.7. The molecule has 1 spiro atoms. The van der Waals surface area contributed by atoms with Crippen LogP contribution in [0, 0.1) is 104 Å². The van der Waals surface area contributed by atoms with Gasteiger partial charge < -0.3 is 0 Å². The van der Waals surface area contributed by atoms with Gasteiger partial charge >= 0.3 is 0 Å². The Bertz CT molecular complexity index is 1740. The van der Waals surface area contributed by atoms with Gasteiger partial charge in [-0.1, -0.05) is 6.07 Å². The molecule has 0 saturated carbocycles. The van der Waals surface area contributed by atoms with Crippen molar-refractivity contribution in [3.05, 3.63) is 134 Å². The SMILES string of the molecule is Cc1cc2c(c(C)c1C)Cc1c(C)c(C)c(C)c(C)c1C21c2c(C)c(C)c(C)c(C)c2Cc2c(C)c(C)c(C)c(C)c21. The molecule has 0 heterocycles. The first-order chi connectivity index (χ1) is 19.6. The summed E-state index contributed by atoms with van der Waals surface area (Å²) in [4.78, 5) is 0. The fourth-order valence-electron chi connectivity index (χ4n) is 9.19. The molecule has 0 amide bonds. The molecule has 218 valence electrons. The lowest BCUT2D eigenvalue weighted by molar-refractivity contribution is 0.642. The Morgan fingerprint density at radius 1 is 0.333 bits per heavy atom. The van der Waals surface area contributed by atoms with Crippen LogP contribution in [0.5, 0.6) is 0 Å². The van der Waals surface area contributed by atoms with Crippen molar-refractivity contribution in [1.82, 2.24) is 0 Å². The first kappa shape index (κ1) is 29.0. The molecule has 6 rings (SSSR count). The summed E-state index contributed by atoms with van der Waals surface area (Å²) in [5.41, 5.74) is 34.2. The van der Waals surface area contributed by atoms with Crippen LogP contribution in [0.2, 0.25) is 0 Å². The number of fused-ring (bicyclic) bond motifs is 8. The molecule has 0 saturated heterocycles. The molecule has 2 aliphatic carbocycles. The minimum atomic E-state index is -0.344. The third-order valence-corrected chi connectivity index (χ3v) is 13.0. The molecule has 0 radical (unpaired) electrons. The molecule has 0 heteroatoms. The molecule has 2 aliphatic rings. The van der Waals surface area contributed by atoms with Crippen molar-refractivity contribution < 1.29 is 0 Å². The normalized spacial score (nSPS) is 14.5. The molecule has 0 nitrogen and oxygen atoms in total. The van der Waals surface area contributed by atoms with Gasteiger partial charge in [-0.15, -0.1) is 0 Å². The van der Waals surface area contributed by atoms with Crippen LogP contribution in [-0.4, -0.2) is 0 Å². The van der Waals surface area contributed by atoms with E-state index in [1.54, 1.807) is 44.5 Å². The zero-order valence-electron chi connectivity index (χ0n) is 29.0. The highest BCUT2D eigenvalue weighted by molar-refractivity contribution is 5.80. The highest BCUT2D eigenvalue weighted by Crippen LogP contribution is 2.61. The summed E-state index contributed by atoms with van der Waals surface area (Å²) in [7, 11) is 0. The molecule has 0 aromatic heterocycles. The Morgan fingerprint density at radius 3 is 0.976 bits per heavy atom. The molecule has 42 heavy (non-hydrogen) atoms. The summed E-state index contributed by atoms with van der Waals surface area (Å²) < 4.78 is 0. The Morgan fingerprint density at radius 2 is 0.619 bits per heavy atom. The molecule has 0 atom stereocenters. The fraction of sp³-hybridized carbons (Fsp3) is 0.429. The van der Waals surface area contributed by atoms with Crippen LogP contribution < -0.4 is 0 Å². The third kappa shape index (κ3) is 3.25. The van der Waals surface area contributed by atoms with Gasteiger partial charge in [0.2, 0.25) is 0 Å². The number of hydrogen-bond donors (Lipinski definition) is 0. The van der Waals surface area contributed by atoms with Gasteiger partial charge in [-0.05, 0) is 245 Å². The quantitative estimate of drug-likeness (QED) is 0.175. The lowest BCUT2D eigenvalue weighted by atomic mass is 9.51. The average molecular weight is 555 g/mol. The van der Waals surface area contributed by atoms with Gasteiger partial charge in [-0.3, -0.25) is 0 Å². The molecular formula is C42H50. The van der Waals surface area contributed by atoms with Crippen molar-refractivity contribution in [2.45, 2.75) is 122 Å². The largest absolute Gasteiger partial charge is 0.0721 e. The average Bonchev–Trinajstić information content (AvgIpc) is 2.97. The Kier molecular flexibility index (Phi) is 6.34. The smallest absolute Gasteiger partial charge is 0.0539 e. The second-order valence-electron chi connectivity index (χ2n) is 14.1. The molecule has 0 unspecified atom stereocenters. The summed E-state index contributed by atoms with van der Waals surface area (Å²) in [6, 6.07) is 2.61. The van der Waals surface area contributed by atoms with Crippen LogP contribution >= 0.6 is 0 Å². The summed E-state index contributed by atoms with van der Waals surface area (Å²) in [5.74, 6) is 0. The first-order valence-corrected chi connectivity index (χ1v) is 16.0. The zero-order valence-corrected chi connectivity index (χ0v) is 29.0. The van der Waals surface area contributed by atoms with Crippen LogP contribution in [0.4, 0.5) is 0 Å². The van der Waals surface area contributed by atoms with Gasteiger partial charge in [-0.25, -0.2) is 0 Å². The van der Waals surface area contributed by atoms with Gasteiger partial charge in [-0.2, -0.15) is 0 Å². The first-order valence-electron chi connectivity index (χ1n) is 16.0. The zero-order chi connectivity index (χ0) is 30.9. The van der Waals surface area contributed by atoms with Crippen molar-refractivity contribution in [3.8, 4) is 0 Å². The van der Waals surface area contributed by atoms with Gasteiger partial charge in [0.1, 0.15) is 0 Å². The summed E-state index contributed by atoms with van der Waals surface area (Å²) >= 11 is 0. The molecule has 0 fully saturated rings. The van der Waals surface area contributed by atoms with E-state index in [2.05, 4.69) is 110 Å². The van der Waals surface area contributed by atoms with Crippen molar-refractivity contribution >= 4 is 0 Å². The van der Waals surface area contributed by atoms with E-state index in [1.165, 1.54) is 83.5 Å². The highest BCUT2D eigenvalue weighted by Gasteiger charge is 2.52. The summed E-state index contributed by atoms with van der Waals surface area (Å²) in [5, 5.41) is 0. The van der Waals surface area contributed by atoms with Crippen molar-refractivity contribution in [2.75, 3.05) is 0 Å². The van der Waals surface area contributed by atoms with Gasteiger partial charge in [0.15, 0.2) is 0 Å². The van der Waals surface area contributed by atoms with E-state index >= 15 is 0 Å². The second kappa shape index (κ2) is 9.19. The van der Waals surface area contributed by atoms with E-state index < -0.39 is 0 Å².